The fraction of sp³-hybridized carbons (Fsp3) is 0.348. The Morgan fingerprint density at radius 1 is 1.32 bits per heavy atom. The lowest BCUT2D eigenvalue weighted by atomic mass is 10.0. The second-order valence-corrected chi connectivity index (χ2v) is 8.53. The number of methoxy groups -OCH3 is 1. The van der Waals surface area contributed by atoms with Crippen molar-refractivity contribution >= 4 is 40.1 Å². The first kappa shape index (κ1) is 23.6. The molecule has 1 aliphatic rings. The zero-order valence-corrected chi connectivity index (χ0v) is 19.5. The largest absolute Gasteiger partial charge is 0.464 e. The first-order chi connectivity index (χ1) is 16.1. The van der Waals surface area contributed by atoms with E-state index in [2.05, 4.69) is 20.3 Å². The molecule has 1 N–H and O–H groups in total. The molecule has 0 aliphatic carbocycles. The van der Waals surface area contributed by atoms with Crippen LogP contribution >= 0.6 is 11.6 Å². The van der Waals surface area contributed by atoms with Crippen molar-refractivity contribution in [3.05, 3.63) is 51.9 Å². The monoisotopic (exact) mass is 486 g/mol. The molecule has 3 heterocycles. The first-order valence-electron chi connectivity index (χ1n) is 10.5. The quantitative estimate of drug-likeness (QED) is 0.410. The van der Waals surface area contributed by atoms with Gasteiger partial charge in [-0.05, 0) is 37.6 Å². The molecule has 1 atom stereocenters. The van der Waals surface area contributed by atoms with Crippen molar-refractivity contribution < 1.29 is 18.3 Å². The smallest absolute Gasteiger partial charge is 0.358 e. The highest BCUT2D eigenvalue weighted by Gasteiger charge is 2.40. The fourth-order valence-electron chi connectivity index (χ4n) is 3.98. The number of hydrogen-bond acceptors (Lipinski definition) is 8. The SMILES string of the molecule is COC(=O)c1nc(Cl)ccc1N[C@H](C)c1cc(C)cc2nc(C#N)c(N3CCC(F)(F)C3)nc12. The minimum Gasteiger partial charge on any atom is -0.464 e. The zero-order valence-electron chi connectivity index (χ0n) is 18.7. The summed E-state index contributed by atoms with van der Waals surface area (Å²) in [5, 5.41) is 13.0. The molecule has 8 nitrogen and oxygen atoms in total. The van der Waals surface area contributed by atoms with Gasteiger partial charge in [0.2, 0.25) is 0 Å². The van der Waals surface area contributed by atoms with Crippen LogP contribution in [0.4, 0.5) is 20.3 Å². The highest BCUT2D eigenvalue weighted by atomic mass is 35.5. The van der Waals surface area contributed by atoms with Gasteiger partial charge in [-0.1, -0.05) is 17.7 Å². The number of aryl methyl sites for hydroxylation is 1. The predicted molar refractivity (Wildman–Crippen MR) is 123 cm³/mol. The van der Waals surface area contributed by atoms with Gasteiger partial charge in [-0.2, -0.15) is 5.26 Å². The van der Waals surface area contributed by atoms with Gasteiger partial charge in [-0.3, -0.25) is 0 Å². The molecule has 34 heavy (non-hydrogen) atoms. The van der Waals surface area contributed by atoms with E-state index in [4.69, 9.17) is 16.3 Å². The number of fused-ring (bicyclic) bond motifs is 1. The number of rotatable bonds is 5. The van der Waals surface area contributed by atoms with Crippen LogP contribution in [0.1, 0.15) is 46.7 Å². The molecule has 0 bridgehead atoms. The molecule has 0 unspecified atom stereocenters. The molecule has 1 aromatic carbocycles. The number of carbonyl (C=O) groups is 1. The zero-order chi connectivity index (χ0) is 24.6. The van der Waals surface area contributed by atoms with Gasteiger partial charge in [-0.15, -0.1) is 0 Å². The molecule has 176 valence electrons. The molecule has 0 amide bonds. The van der Waals surface area contributed by atoms with Crippen molar-refractivity contribution in [2.24, 2.45) is 0 Å². The Morgan fingerprint density at radius 2 is 2.09 bits per heavy atom. The normalized spacial score (nSPS) is 15.7. The van der Waals surface area contributed by atoms with E-state index in [0.717, 1.165) is 5.56 Å². The van der Waals surface area contributed by atoms with Crippen LogP contribution in [-0.4, -0.2) is 47.0 Å². The maximum atomic E-state index is 13.9. The number of nitrogens with one attached hydrogen (secondary N) is 1. The number of nitrogens with zero attached hydrogens (tertiary/aromatic N) is 5. The van der Waals surface area contributed by atoms with Crippen LogP contribution in [0.25, 0.3) is 11.0 Å². The minimum atomic E-state index is -2.85. The van der Waals surface area contributed by atoms with Gasteiger partial charge in [0.15, 0.2) is 17.2 Å². The van der Waals surface area contributed by atoms with Gasteiger partial charge < -0.3 is 15.0 Å². The average Bonchev–Trinajstić information content (AvgIpc) is 3.17. The Morgan fingerprint density at radius 3 is 2.74 bits per heavy atom. The summed E-state index contributed by atoms with van der Waals surface area (Å²) in [4.78, 5) is 26.7. The summed E-state index contributed by atoms with van der Waals surface area (Å²) in [5.74, 6) is -3.37. The highest BCUT2D eigenvalue weighted by Crippen LogP contribution is 2.34. The number of ether oxygens (including phenoxy) is 1. The van der Waals surface area contributed by atoms with Crippen molar-refractivity contribution in [3.8, 4) is 6.07 Å². The lowest BCUT2D eigenvalue weighted by molar-refractivity contribution is 0.0256. The topological polar surface area (TPSA) is 104 Å². The average molecular weight is 487 g/mol. The molecule has 4 rings (SSSR count). The van der Waals surface area contributed by atoms with E-state index in [1.807, 2.05) is 26.0 Å². The number of carbonyl (C=O) groups excluding carboxylic acids is 1. The maximum Gasteiger partial charge on any atom is 0.358 e. The Kier molecular flexibility index (Phi) is 6.23. The van der Waals surface area contributed by atoms with Crippen LogP contribution in [0.2, 0.25) is 5.15 Å². The third-order valence-corrected chi connectivity index (χ3v) is 5.79. The summed E-state index contributed by atoms with van der Waals surface area (Å²) < 4.78 is 32.5. The standard InChI is InChI=1S/C23H21ClF2N6O2/c1-12-8-14(13(2)28-15-4-5-18(24)30-20(15)22(33)34-3)19-16(9-12)29-17(10-27)21(31-19)32-7-6-23(25,26)11-32/h4-5,8-9,13,28H,6-7,11H2,1-3H3/t13-/m1/s1. The fourth-order valence-corrected chi connectivity index (χ4v) is 4.13. The second-order valence-electron chi connectivity index (χ2n) is 8.14. The van der Waals surface area contributed by atoms with E-state index >= 15 is 0 Å². The Balaban J connectivity index is 1.79. The van der Waals surface area contributed by atoms with Gasteiger partial charge in [0.05, 0.1) is 36.4 Å². The third-order valence-electron chi connectivity index (χ3n) is 5.58. The molecule has 2 aromatic heterocycles. The number of nitriles is 1. The van der Waals surface area contributed by atoms with Crippen LogP contribution in [0.3, 0.4) is 0 Å². The van der Waals surface area contributed by atoms with Crippen molar-refractivity contribution in [2.75, 3.05) is 30.4 Å². The Bertz CT molecular complexity index is 1330. The molecule has 0 spiro atoms. The molecular formula is C23H21ClF2N6O2. The van der Waals surface area contributed by atoms with E-state index in [-0.39, 0.29) is 35.3 Å². The van der Waals surface area contributed by atoms with Gasteiger partial charge >= 0.3 is 5.97 Å². The lowest BCUT2D eigenvalue weighted by Crippen LogP contribution is -2.26. The van der Waals surface area contributed by atoms with Crippen LogP contribution < -0.4 is 10.2 Å². The Labute approximate surface area is 199 Å². The summed E-state index contributed by atoms with van der Waals surface area (Å²) in [5.41, 5.74) is 2.95. The number of hydrogen-bond donors (Lipinski definition) is 1. The van der Waals surface area contributed by atoms with Crippen molar-refractivity contribution in [1.29, 1.82) is 5.26 Å². The van der Waals surface area contributed by atoms with Gasteiger partial charge in [0.1, 0.15) is 11.2 Å². The number of aromatic nitrogens is 3. The van der Waals surface area contributed by atoms with Crippen LogP contribution in [0.5, 0.6) is 0 Å². The van der Waals surface area contributed by atoms with E-state index in [0.29, 0.717) is 22.3 Å². The molecule has 1 fully saturated rings. The molecule has 0 saturated carbocycles. The van der Waals surface area contributed by atoms with Crippen molar-refractivity contribution in [3.63, 3.8) is 0 Å². The van der Waals surface area contributed by atoms with Crippen LogP contribution in [0.15, 0.2) is 24.3 Å². The van der Waals surface area contributed by atoms with Crippen LogP contribution in [-0.2, 0) is 4.74 Å². The van der Waals surface area contributed by atoms with Crippen molar-refractivity contribution in [2.45, 2.75) is 32.2 Å². The molecule has 1 aliphatic heterocycles. The van der Waals surface area contributed by atoms with E-state index in [9.17, 15) is 18.8 Å². The number of halogens is 3. The van der Waals surface area contributed by atoms with E-state index in [1.165, 1.54) is 12.0 Å². The van der Waals surface area contributed by atoms with E-state index < -0.39 is 24.5 Å². The summed E-state index contributed by atoms with van der Waals surface area (Å²) >= 11 is 5.95. The van der Waals surface area contributed by atoms with E-state index in [1.54, 1.807) is 18.2 Å². The number of benzene rings is 1. The molecule has 11 heteroatoms. The summed E-state index contributed by atoms with van der Waals surface area (Å²) in [6.45, 7) is 3.29. The lowest BCUT2D eigenvalue weighted by Gasteiger charge is -2.22. The van der Waals surface area contributed by atoms with Crippen molar-refractivity contribution in [1.82, 2.24) is 15.0 Å². The predicted octanol–water partition coefficient (Wildman–Crippen LogP) is 4.66. The summed E-state index contributed by atoms with van der Waals surface area (Å²) in [6, 6.07) is 8.42. The molecular weight excluding hydrogens is 466 g/mol. The number of anilines is 2. The van der Waals surface area contributed by atoms with Crippen LogP contribution in [0, 0.1) is 18.3 Å². The number of alkyl halides is 2. The highest BCUT2D eigenvalue weighted by molar-refractivity contribution is 6.29. The first-order valence-corrected chi connectivity index (χ1v) is 10.9. The minimum absolute atomic E-state index is 0.00255. The van der Waals surface area contributed by atoms with Gasteiger partial charge in [0.25, 0.3) is 5.92 Å². The third kappa shape index (κ3) is 4.56. The molecule has 1 saturated heterocycles. The number of esters is 1. The number of pyridine rings is 1. The van der Waals surface area contributed by atoms with Gasteiger partial charge in [-0.25, -0.2) is 28.5 Å². The second kappa shape index (κ2) is 8.99. The summed E-state index contributed by atoms with van der Waals surface area (Å²) in [6.07, 6.45) is -0.309. The van der Waals surface area contributed by atoms with Gasteiger partial charge in [0, 0.05) is 18.5 Å². The maximum absolute atomic E-state index is 13.9. The Hall–Kier alpha value is -3.58. The summed E-state index contributed by atoms with van der Waals surface area (Å²) in [7, 11) is 1.25. The molecule has 0 radical (unpaired) electrons. The molecule has 3 aromatic rings.